The zero-order chi connectivity index (χ0) is 11.9. The summed E-state index contributed by atoms with van der Waals surface area (Å²) >= 11 is 0. The Balaban J connectivity index is 1.61. The summed E-state index contributed by atoms with van der Waals surface area (Å²) in [6.07, 6.45) is 7.70. The Morgan fingerprint density at radius 2 is 2.12 bits per heavy atom. The fraction of sp³-hybridized carbons (Fsp3) is 0.385. The summed E-state index contributed by atoms with van der Waals surface area (Å²) in [6.45, 7) is 1.95. The Bertz CT molecular complexity index is 436. The number of nitrogens with zero attached hydrogens (tertiary/aromatic N) is 3. The molecule has 0 saturated heterocycles. The van der Waals surface area contributed by atoms with Gasteiger partial charge in [0, 0.05) is 38.6 Å². The molecule has 0 unspecified atom stereocenters. The molecule has 0 aliphatic heterocycles. The second-order valence-corrected chi connectivity index (χ2v) is 4.09. The molecular weight excluding hydrogens is 212 g/mol. The van der Waals surface area contributed by atoms with Crippen molar-refractivity contribution in [2.75, 3.05) is 13.1 Å². The van der Waals surface area contributed by atoms with Crippen LogP contribution in [0.3, 0.4) is 0 Å². The van der Waals surface area contributed by atoms with Gasteiger partial charge in [-0.05, 0) is 30.7 Å². The molecule has 0 fully saturated rings. The fourth-order valence-corrected chi connectivity index (χ4v) is 1.72. The van der Waals surface area contributed by atoms with Crippen molar-refractivity contribution in [2.45, 2.75) is 12.8 Å². The van der Waals surface area contributed by atoms with Crippen LogP contribution in [0.15, 0.2) is 36.8 Å². The Labute approximate surface area is 102 Å². The van der Waals surface area contributed by atoms with Gasteiger partial charge in [0.1, 0.15) is 0 Å². The summed E-state index contributed by atoms with van der Waals surface area (Å²) in [4.78, 5) is 4.09. The number of hydrogen-bond donors (Lipinski definition) is 1. The van der Waals surface area contributed by atoms with Crippen molar-refractivity contribution < 1.29 is 0 Å². The minimum absolute atomic E-state index is 0.970. The Morgan fingerprint density at radius 1 is 1.24 bits per heavy atom. The monoisotopic (exact) mass is 230 g/mol. The molecule has 0 aromatic carbocycles. The molecule has 90 valence electrons. The van der Waals surface area contributed by atoms with E-state index >= 15 is 0 Å². The molecule has 2 aromatic heterocycles. The van der Waals surface area contributed by atoms with Gasteiger partial charge >= 0.3 is 0 Å². The van der Waals surface area contributed by atoms with E-state index in [9.17, 15) is 0 Å². The molecule has 0 spiro atoms. The molecule has 0 atom stereocenters. The van der Waals surface area contributed by atoms with Crippen molar-refractivity contribution in [3.8, 4) is 0 Å². The summed E-state index contributed by atoms with van der Waals surface area (Å²) in [6, 6.07) is 6.14. The molecule has 17 heavy (non-hydrogen) atoms. The molecule has 2 rings (SSSR count). The van der Waals surface area contributed by atoms with Crippen molar-refractivity contribution in [1.29, 1.82) is 0 Å². The van der Waals surface area contributed by atoms with Crippen LogP contribution < -0.4 is 5.32 Å². The number of pyridine rings is 1. The van der Waals surface area contributed by atoms with Crippen LogP contribution in [0.1, 0.15) is 11.3 Å². The van der Waals surface area contributed by atoms with Crippen molar-refractivity contribution in [3.05, 3.63) is 48.0 Å². The third-order valence-corrected chi connectivity index (χ3v) is 2.64. The van der Waals surface area contributed by atoms with Crippen LogP contribution in [0.25, 0.3) is 0 Å². The van der Waals surface area contributed by atoms with Crippen LogP contribution in [0.2, 0.25) is 0 Å². The van der Waals surface area contributed by atoms with Crippen LogP contribution in [0.4, 0.5) is 0 Å². The molecule has 2 heterocycles. The summed E-state index contributed by atoms with van der Waals surface area (Å²) in [7, 11) is 1.94. The predicted octanol–water partition coefficient (Wildman–Crippen LogP) is 1.19. The van der Waals surface area contributed by atoms with Gasteiger partial charge in [-0.3, -0.25) is 9.67 Å². The van der Waals surface area contributed by atoms with E-state index in [1.807, 2.05) is 30.2 Å². The number of aromatic nitrogens is 3. The average molecular weight is 230 g/mol. The highest BCUT2D eigenvalue weighted by atomic mass is 15.2. The van der Waals surface area contributed by atoms with Crippen LogP contribution in [-0.2, 0) is 19.9 Å². The maximum atomic E-state index is 4.33. The van der Waals surface area contributed by atoms with Crippen molar-refractivity contribution in [3.63, 3.8) is 0 Å². The van der Waals surface area contributed by atoms with E-state index in [4.69, 9.17) is 0 Å². The number of rotatable bonds is 6. The van der Waals surface area contributed by atoms with Crippen LogP contribution in [0, 0.1) is 0 Å². The normalized spacial score (nSPS) is 10.6. The van der Waals surface area contributed by atoms with E-state index in [0.29, 0.717) is 0 Å². The first-order chi connectivity index (χ1) is 8.34. The first kappa shape index (κ1) is 11.8. The SMILES string of the molecule is Cn1ccc(CCNCCc2cccnc2)n1. The smallest absolute Gasteiger partial charge is 0.0637 e. The molecule has 0 aliphatic rings. The lowest BCUT2D eigenvalue weighted by atomic mass is 10.2. The lowest BCUT2D eigenvalue weighted by Crippen LogP contribution is -2.20. The lowest BCUT2D eigenvalue weighted by molar-refractivity contribution is 0.662. The maximum Gasteiger partial charge on any atom is 0.0637 e. The largest absolute Gasteiger partial charge is 0.316 e. The van der Waals surface area contributed by atoms with Crippen LogP contribution >= 0.6 is 0 Å². The first-order valence-electron chi connectivity index (χ1n) is 5.93. The Morgan fingerprint density at radius 3 is 2.82 bits per heavy atom. The summed E-state index contributed by atoms with van der Waals surface area (Å²) < 4.78 is 1.84. The predicted molar refractivity (Wildman–Crippen MR) is 67.7 cm³/mol. The van der Waals surface area contributed by atoms with Gasteiger partial charge in [-0.25, -0.2) is 0 Å². The van der Waals surface area contributed by atoms with Gasteiger partial charge in [-0.1, -0.05) is 6.07 Å². The minimum atomic E-state index is 0.970. The van der Waals surface area contributed by atoms with Gasteiger partial charge < -0.3 is 5.32 Å². The second kappa shape index (κ2) is 6.15. The highest BCUT2D eigenvalue weighted by molar-refractivity contribution is 5.08. The third-order valence-electron chi connectivity index (χ3n) is 2.64. The molecule has 0 aliphatic carbocycles. The second-order valence-electron chi connectivity index (χ2n) is 4.09. The van der Waals surface area contributed by atoms with Crippen LogP contribution in [0.5, 0.6) is 0 Å². The van der Waals surface area contributed by atoms with E-state index < -0.39 is 0 Å². The summed E-state index contributed by atoms with van der Waals surface area (Å²) in [5.41, 5.74) is 2.42. The lowest BCUT2D eigenvalue weighted by Gasteiger charge is -2.03. The van der Waals surface area contributed by atoms with Crippen LogP contribution in [-0.4, -0.2) is 27.9 Å². The van der Waals surface area contributed by atoms with E-state index in [-0.39, 0.29) is 0 Å². The molecule has 4 heteroatoms. The standard InChI is InChI=1S/C13H18N4/c1-17-10-6-13(16-17)5-9-14-8-4-12-3-2-7-15-11-12/h2-3,6-7,10-11,14H,4-5,8-9H2,1H3. The molecule has 0 saturated carbocycles. The zero-order valence-corrected chi connectivity index (χ0v) is 10.1. The van der Waals surface area contributed by atoms with E-state index in [2.05, 4.69) is 27.5 Å². The third kappa shape index (κ3) is 4.00. The molecule has 1 N–H and O–H groups in total. The van der Waals surface area contributed by atoms with Gasteiger partial charge in [0.2, 0.25) is 0 Å². The summed E-state index contributed by atoms with van der Waals surface area (Å²) in [5, 5.41) is 7.75. The quantitative estimate of drug-likeness (QED) is 0.758. The molecule has 0 radical (unpaired) electrons. The average Bonchev–Trinajstić information content (AvgIpc) is 2.76. The topological polar surface area (TPSA) is 42.7 Å². The van der Waals surface area contributed by atoms with Gasteiger partial charge in [0.25, 0.3) is 0 Å². The molecule has 0 amide bonds. The molecule has 4 nitrogen and oxygen atoms in total. The fourth-order valence-electron chi connectivity index (χ4n) is 1.72. The highest BCUT2D eigenvalue weighted by Gasteiger charge is 1.96. The number of nitrogens with one attached hydrogen (secondary N) is 1. The Kier molecular flexibility index (Phi) is 4.27. The van der Waals surface area contributed by atoms with Gasteiger partial charge in [-0.2, -0.15) is 5.10 Å². The van der Waals surface area contributed by atoms with Gasteiger partial charge in [0.05, 0.1) is 5.69 Å². The van der Waals surface area contributed by atoms with E-state index in [1.165, 1.54) is 5.56 Å². The van der Waals surface area contributed by atoms with Crippen molar-refractivity contribution in [1.82, 2.24) is 20.1 Å². The van der Waals surface area contributed by atoms with Gasteiger partial charge in [0.15, 0.2) is 0 Å². The van der Waals surface area contributed by atoms with Gasteiger partial charge in [-0.15, -0.1) is 0 Å². The molecule has 2 aromatic rings. The first-order valence-corrected chi connectivity index (χ1v) is 5.93. The zero-order valence-electron chi connectivity index (χ0n) is 10.1. The molecular formula is C13H18N4. The number of hydrogen-bond acceptors (Lipinski definition) is 3. The Hall–Kier alpha value is -1.68. The minimum Gasteiger partial charge on any atom is -0.316 e. The van der Waals surface area contributed by atoms with E-state index in [0.717, 1.165) is 31.6 Å². The maximum absolute atomic E-state index is 4.33. The van der Waals surface area contributed by atoms with Crippen molar-refractivity contribution in [2.24, 2.45) is 7.05 Å². The van der Waals surface area contributed by atoms with Crippen molar-refractivity contribution >= 4 is 0 Å². The number of aryl methyl sites for hydroxylation is 1. The van der Waals surface area contributed by atoms with E-state index in [1.54, 1.807) is 6.20 Å². The highest BCUT2D eigenvalue weighted by Crippen LogP contribution is 1.96. The summed E-state index contributed by atoms with van der Waals surface area (Å²) in [5.74, 6) is 0. The molecule has 0 bridgehead atoms.